The van der Waals surface area contributed by atoms with Crippen molar-refractivity contribution in [3.8, 4) is 0 Å². The first-order valence-corrected chi connectivity index (χ1v) is 28.9. The minimum absolute atomic E-state index is 0.0214. The molecule has 2 aromatic rings. The number of allylic oxidation sites excluding steroid dienone is 2. The number of esters is 3. The molecule has 2 saturated carbocycles. The molecular formula is C62H85NO17. The molecule has 13 atom stereocenters. The first-order chi connectivity index (χ1) is 38.2. The van der Waals surface area contributed by atoms with Gasteiger partial charge in [-0.15, -0.1) is 0 Å². The number of fused-ring (bicyclic) bond motifs is 5. The van der Waals surface area contributed by atoms with Gasteiger partial charge in [-0.3, -0.25) is 19.2 Å². The van der Waals surface area contributed by atoms with Gasteiger partial charge in [0.05, 0.1) is 30.8 Å². The lowest BCUT2D eigenvalue weighted by Gasteiger charge is -2.67. The van der Waals surface area contributed by atoms with Crippen LogP contribution in [0.4, 0.5) is 4.79 Å². The monoisotopic (exact) mass is 1120 g/mol. The van der Waals surface area contributed by atoms with Crippen molar-refractivity contribution in [1.29, 1.82) is 0 Å². The molecule has 7 rings (SSSR count). The quantitative estimate of drug-likeness (QED) is 0.0297. The topological polar surface area (TPSA) is 249 Å². The van der Waals surface area contributed by atoms with Crippen LogP contribution in [0.25, 0.3) is 0 Å². The normalized spacial score (nSPS) is 30.4. The van der Waals surface area contributed by atoms with Crippen LogP contribution < -0.4 is 5.32 Å². The number of hydrogen-bond acceptors (Lipinski definition) is 17. The second-order valence-electron chi connectivity index (χ2n) is 23.2. The lowest BCUT2D eigenvalue weighted by atomic mass is 9.44. The van der Waals surface area contributed by atoms with E-state index in [0.29, 0.717) is 12.0 Å². The molecule has 80 heavy (non-hydrogen) atoms. The van der Waals surface area contributed by atoms with Gasteiger partial charge in [-0.2, -0.15) is 0 Å². The second-order valence-corrected chi connectivity index (χ2v) is 23.2. The molecule has 2 saturated heterocycles. The summed E-state index contributed by atoms with van der Waals surface area (Å²) in [5.41, 5.74) is -7.17. The number of ether oxygens (including phenoxy) is 8. The molecular weight excluding hydrogens is 1030 g/mol. The number of amides is 1. The van der Waals surface area contributed by atoms with Crippen molar-refractivity contribution in [2.45, 2.75) is 217 Å². The number of aliphatic hydroxyl groups is 3. The summed E-state index contributed by atoms with van der Waals surface area (Å²) in [7, 11) is 0. The molecule has 440 valence electrons. The number of carbonyl (C=O) groups excluding carboxylic acids is 6. The van der Waals surface area contributed by atoms with Gasteiger partial charge in [0.15, 0.2) is 23.8 Å². The summed E-state index contributed by atoms with van der Waals surface area (Å²) in [6, 6.07) is 15.0. The van der Waals surface area contributed by atoms with Crippen LogP contribution in [0.15, 0.2) is 84.0 Å². The average molecular weight is 1120 g/mol. The van der Waals surface area contributed by atoms with E-state index in [9.17, 15) is 34.5 Å². The Hall–Kier alpha value is -5.50. The van der Waals surface area contributed by atoms with Crippen LogP contribution in [0, 0.1) is 16.7 Å². The third kappa shape index (κ3) is 13.7. The fourth-order valence-corrected chi connectivity index (χ4v) is 12.8. The number of nitrogens with one attached hydrogen (secondary N) is 1. The molecule has 18 heteroatoms. The van der Waals surface area contributed by atoms with E-state index in [4.69, 9.17) is 37.9 Å². The number of ketones is 1. The van der Waals surface area contributed by atoms with E-state index in [1.54, 1.807) is 74.5 Å². The molecule has 0 spiro atoms. The summed E-state index contributed by atoms with van der Waals surface area (Å²) in [6.07, 6.45) is 7.52. The highest BCUT2D eigenvalue weighted by Gasteiger charge is 2.77. The van der Waals surface area contributed by atoms with Gasteiger partial charge >= 0.3 is 24.1 Å². The van der Waals surface area contributed by atoms with Gasteiger partial charge in [0, 0.05) is 43.6 Å². The summed E-state index contributed by atoms with van der Waals surface area (Å²) in [5, 5.41) is 41.0. The zero-order valence-electron chi connectivity index (χ0n) is 47.7. The fraction of sp³-hybridized carbons (Fsp3) is 0.645. The molecule has 3 aliphatic carbocycles. The van der Waals surface area contributed by atoms with Gasteiger partial charge in [0.2, 0.25) is 6.10 Å². The predicted octanol–water partition coefficient (Wildman–Crippen LogP) is 8.81. The van der Waals surface area contributed by atoms with E-state index in [1.807, 2.05) is 0 Å². The molecule has 2 bridgehead atoms. The highest BCUT2D eigenvalue weighted by atomic mass is 16.8. The van der Waals surface area contributed by atoms with Crippen LogP contribution in [0.1, 0.15) is 173 Å². The zero-order chi connectivity index (χ0) is 57.8. The number of hydrogen-bond donors (Lipinski definition) is 4. The molecule has 0 unspecified atom stereocenters. The van der Waals surface area contributed by atoms with Crippen LogP contribution in [0.2, 0.25) is 0 Å². The summed E-state index contributed by atoms with van der Waals surface area (Å²) in [5.74, 6) is -5.97. The molecule has 2 aromatic carbocycles. The van der Waals surface area contributed by atoms with Crippen LogP contribution in [-0.2, 0) is 57.1 Å². The minimum atomic E-state index is -2.41. The number of carbonyl (C=O) groups is 6. The van der Waals surface area contributed by atoms with Gasteiger partial charge in [0.1, 0.15) is 36.6 Å². The first-order valence-electron chi connectivity index (χ1n) is 28.9. The number of aliphatic hydroxyl groups excluding tert-OH is 2. The van der Waals surface area contributed by atoms with Crippen molar-refractivity contribution in [3.05, 3.63) is 95.1 Å². The Morgan fingerprint density at radius 2 is 1.44 bits per heavy atom. The summed E-state index contributed by atoms with van der Waals surface area (Å²) in [4.78, 5) is 84.3. The molecule has 4 N–H and O–H groups in total. The molecule has 2 aliphatic heterocycles. The molecule has 4 fully saturated rings. The standard InChI is InChI=1S/C62H85NO17/c1-8-9-10-11-12-13-14-15-16-17-18-19-20-21-28-33-48-73-36-44(77-48)37-74-58(71)79-52(50(42-29-24-22-25-30-42)63-56(69)43-31-26-23-27-32-43)57(70)78-45-35-62(72)55(68)53-60(7,46(66)34-47-61(53,38-75-47)80-41(4)65)54(67)51(76-40(3)64)49(39(45)2)59(62,5)6/h15-16,22-27,29-32,44-48,50-53,55,66,68,72H,8-14,17-21,28,33-38H2,1-7H3,(H,63,69)/b16-15-/t44-,45-,46-,47+,48-,50-,51+,52+,53-,55-,60+,61-,62+/m0/s1. The lowest BCUT2D eigenvalue weighted by Crippen LogP contribution is -2.81. The maximum Gasteiger partial charge on any atom is 0.509 e. The molecule has 18 nitrogen and oxygen atoms in total. The van der Waals surface area contributed by atoms with E-state index in [0.717, 1.165) is 58.8 Å². The number of benzene rings is 2. The second kappa shape index (κ2) is 27.5. The van der Waals surface area contributed by atoms with Gasteiger partial charge in [0.25, 0.3) is 5.91 Å². The lowest BCUT2D eigenvalue weighted by molar-refractivity contribution is -0.346. The van der Waals surface area contributed by atoms with Crippen LogP contribution in [0.3, 0.4) is 0 Å². The zero-order valence-corrected chi connectivity index (χ0v) is 47.7. The van der Waals surface area contributed by atoms with Gasteiger partial charge < -0.3 is 58.5 Å². The van der Waals surface area contributed by atoms with E-state index < -0.39 is 125 Å². The Balaban J connectivity index is 1.09. The Labute approximate surface area is 470 Å². The van der Waals surface area contributed by atoms with E-state index in [1.165, 1.54) is 52.4 Å². The van der Waals surface area contributed by atoms with Crippen molar-refractivity contribution >= 4 is 35.8 Å². The summed E-state index contributed by atoms with van der Waals surface area (Å²) in [6.45, 7) is 10.00. The van der Waals surface area contributed by atoms with Crippen molar-refractivity contribution in [2.75, 3.05) is 19.8 Å². The average Bonchev–Trinajstić information content (AvgIpc) is 3.96. The first kappa shape index (κ1) is 62.1. The number of rotatable bonds is 26. The Kier molecular flexibility index (Phi) is 21.4. The summed E-state index contributed by atoms with van der Waals surface area (Å²) < 4.78 is 47.3. The van der Waals surface area contributed by atoms with Crippen LogP contribution in [0.5, 0.6) is 0 Å². The highest BCUT2D eigenvalue weighted by Crippen LogP contribution is 2.63. The van der Waals surface area contributed by atoms with Gasteiger partial charge in [-0.25, -0.2) is 9.59 Å². The Morgan fingerprint density at radius 1 is 0.812 bits per heavy atom. The van der Waals surface area contributed by atoms with Gasteiger partial charge in [-0.1, -0.05) is 133 Å². The van der Waals surface area contributed by atoms with Crippen LogP contribution in [-0.4, -0.2) is 131 Å². The Morgan fingerprint density at radius 3 is 2.05 bits per heavy atom. The molecule has 5 aliphatic rings. The predicted molar refractivity (Wildman–Crippen MR) is 292 cm³/mol. The number of Topliss-reactive ketones (excluding diaryl/α,β-unsaturated/α-hetero) is 1. The summed E-state index contributed by atoms with van der Waals surface area (Å²) >= 11 is 0. The minimum Gasteiger partial charge on any atom is -0.455 e. The Bertz CT molecular complexity index is 2520. The van der Waals surface area contributed by atoms with E-state index >= 15 is 9.59 Å². The smallest absolute Gasteiger partial charge is 0.455 e. The third-order valence-electron chi connectivity index (χ3n) is 17.4. The molecule has 1 amide bonds. The highest BCUT2D eigenvalue weighted by molar-refractivity contribution is 5.96. The molecule has 2 heterocycles. The largest absolute Gasteiger partial charge is 0.509 e. The van der Waals surface area contributed by atoms with Crippen molar-refractivity contribution in [1.82, 2.24) is 5.32 Å². The fourth-order valence-electron chi connectivity index (χ4n) is 12.8. The SMILES string of the molecule is CCCCCCCC/C=C\CCCCCCC[C@H]1OC[C@@H](COC(=O)O[C@@H](C(=O)O[C@H]2C[C@@]3(O)[C@@H](O)[C@@H]4[C@]5(OC(C)=O)CO[C@@H]5C[C@H](O)[C@@]4(C)C(=O)[C@H](OC(C)=O)C(=C2C)C3(C)C)[C@@H](NC(=O)c2ccccc2)c2ccccc2)O1. The van der Waals surface area contributed by atoms with E-state index in [-0.39, 0.29) is 43.0 Å². The van der Waals surface area contributed by atoms with Crippen LogP contribution >= 0.6 is 0 Å². The van der Waals surface area contributed by atoms with Crippen molar-refractivity contribution in [3.63, 3.8) is 0 Å². The maximum absolute atomic E-state index is 15.4. The van der Waals surface area contributed by atoms with Crippen molar-refractivity contribution in [2.24, 2.45) is 16.7 Å². The van der Waals surface area contributed by atoms with Gasteiger partial charge in [-0.05, 0) is 81.2 Å². The molecule has 0 radical (unpaired) electrons. The van der Waals surface area contributed by atoms with Crippen molar-refractivity contribution < 1.29 is 82.0 Å². The molecule has 0 aromatic heterocycles. The number of unbranched alkanes of at least 4 members (excludes halogenated alkanes) is 11. The maximum atomic E-state index is 15.4. The van der Waals surface area contributed by atoms with E-state index in [2.05, 4.69) is 24.4 Å². The third-order valence-corrected chi connectivity index (χ3v) is 17.4.